The van der Waals surface area contributed by atoms with Crippen molar-refractivity contribution in [2.24, 2.45) is 5.92 Å². The first-order valence-electron chi connectivity index (χ1n) is 13.7. The second-order valence-electron chi connectivity index (χ2n) is 10.6. The molecule has 0 bridgehead atoms. The van der Waals surface area contributed by atoms with E-state index >= 15 is 0 Å². The van der Waals surface area contributed by atoms with E-state index in [4.69, 9.17) is 9.72 Å². The van der Waals surface area contributed by atoms with Gasteiger partial charge in [-0.1, -0.05) is 20.4 Å². The highest BCUT2D eigenvalue weighted by molar-refractivity contribution is 5.94. The molecule has 2 aliphatic heterocycles. The van der Waals surface area contributed by atoms with Gasteiger partial charge in [-0.15, -0.1) is 0 Å². The third-order valence-electron chi connectivity index (χ3n) is 7.29. The predicted molar refractivity (Wildman–Crippen MR) is 150 cm³/mol. The zero-order valence-electron chi connectivity index (χ0n) is 22.8. The summed E-state index contributed by atoms with van der Waals surface area (Å²) in [5.41, 5.74) is 2.67. The standard InChI is InChI=1S/C28H35FN8O3/c1-4-24(38)36-8-5-19(16-36)26(39)32-22-12-18(11-20(29)13-22)14-30-28-35-27(33-21-6-9-40-10-7-21)34-25-23(17(2)3)15-31-37(25)28/h4,11-13,15,17,19,21H,1,5-10,14,16H2,2-3H3,(H,32,39)(H2,30,33,34,35). The fourth-order valence-electron chi connectivity index (χ4n) is 5.06. The molecule has 4 heterocycles. The van der Waals surface area contributed by atoms with Crippen LogP contribution in [0.5, 0.6) is 0 Å². The number of carbonyl (C=O) groups excluding carboxylic acids is 2. The van der Waals surface area contributed by atoms with Crippen molar-refractivity contribution in [3.63, 3.8) is 0 Å². The van der Waals surface area contributed by atoms with Crippen LogP contribution in [0.4, 0.5) is 22.0 Å². The summed E-state index contributed by atoms with van der Waals surface area (Å²) >= 11 is 0. The first kappa shape index (κ1) is 27.5. The van der Waals surface area contributed by atoms with E-state index in [-0.39, 0.29) is 36.2 Å². The van der Waals surface area contributed by atoms with Crippen LogP contribution in [-0.2, 0) is 20.9 Å². The van der Waals surface area contributed by atoms with Gasteiger partial charge in [0.05, 0.1) is 12.1 Å². The Morgan fingerprint density at radius 3 is 2.75 bits per heavy atom. The highest BCUT2D eigenvalue weighted by Crippen LogP contribution is 2.24. The number of nitrogens with zero attached hydrogens (tertiary/aromatic N) is 5. The SMILES string of the molecule is C=CC(=O)N1CCC(C(=O)Nc2cc(F)cc(CNc3nc(NC4CCOCC4)nc4c(C(C)C)cnn34)c2)C1. The topological polar surface area (TPSA) is 126 Å². The molecule has 1 atom stereocenters. The molecule has 40 heavy (non-hydrogen) atoms. The molecule has 2 aromatic heterocycles. The number of amides is 2. The van der Waals surface area contributed by atoms with Crippen LogP contribution in [0, 0.1) is 11.7 Å². The average Bonchev–Trinajstić information content (AvgIpc) is 3.60. The third-order valence-corrected chi connectivity index (χ3v) is 7.29. The lowest BCUT2D eigenvalue weighted by Crippen LogP contribution is -2.30. The summed E-state index contributed by atoms with van der Waals surface area (Å²) < 4.78 is 21.7. The summed E-state index contributed by atoms with van der Waals surface area (Å²) in [6.07, 6.45) is 5.32. The summed E-state index contributed by atoms with van der Waals surface area (Å²) in [5, 5.41) is 14.0. The summed E-state index contributed by atoms with van der Waals surface area (Å²) in [6, 6.07) is 4.62. The molecule has 3 aromatic rings. The molecular weight excluding hydrogens is 515 g/mol. The van der Waals surface area contributed by atoms with Gasteiger partial charge >= 0.3 is 0 Å². The summed E-state index contributed by atoms with van der Waals surface area (Å²) in [6.45, 7) is 10.1. The van der Waals surface area contributed by atoms with E-state index in [9.17, 15) is 14.0 Å². The first-order chi connectivity index (χ1) is 19.3. The number of ether oxygens (including phenoxy) is 1. The fourth-order valence-corrected chi connectivity index (χ4v) is 5.06. The Bertz CT molecular complexity index is 1400. The van der Waals surface area contributed by atoms with Gasteiger partial charge in [0.2, 0.25) is 23.7 Å². The number of benzene rings is 1. The zero-order chi connectivity index (χ0) is 28.2. The monoisotopic (exact) mass is 550 g/mol. The number of fused-ring (bicyclic) bond motifs is 1. The molecule has 2 amide bonds. The van der Waals surface area contributed by atoms with Crippen LogP contribution >= 0.6 is 0 Å². The smallest absolute Gasteiger partial charge is 0.245 e. The van der Waals surface area contributed by atoms with Crippen molar-refractivity contribution in [3.05, 3.63) is 54.0 Å². The second-order valence-corrected chi connectivity index (χ2v) is 10.6. The Balaban J connectivity index is 1.31. The third kappa shape index (κ3) is 6.22. The van der Waals surface area contributed by atoms with Crippen molar-refractivity contribution in [1.82, 2.24) is 24.5 Å². The molecule has 1 aromatic carbocycles. The molecule has 212 valence electrons. The van der Waals surface area contributed by atoms with Crippen LogP contribution in [0.1, 0.15) is 50.2 Å². The molecule has 2 saturated heterocycles. The van der Waals surface area contributed by atoms with Gasteiger partial charge in [-0.25, -0.2) is 4.39 Å². The molecule has 3 N–H and O–H groups in total. The van der Waals surface area contributed by atoms with E-state index in [1.54, 1.807) is 21.7 Å². The largest absolute Gasteiger partial charge is 0.381 e. The van der Waals surface area contributed by atoms with Crippen molar-refractivity contribution in [2.45, 2.75) is 51.6 Å². The minimum absolute atomic E-state index is 0.197. The van der Waals surface area contributed by atoms with Gasteiger partial charge in [0, 0.05) is 50.1 Å². The summed E-state index contributed by atoms with van der Waals surface area (Å²) in [5.74, 6) is -0.0938. The van der Waals surface area contributed by atoms with Crippen LogP contribution in [0.15, 0.2) is 37.1 Å². The van der Waals surface area contributed by atoms with E-state index in [1.807, 2.05) is 0 Å². The number of aromatic nitrogens is 4. The van der Waals surface area contributed by atoms with Crippen LogP contribution in [0.25, 0.3) is 5.65 Å². The maximum atomic E-state index is 14.6. The minimum Gasteiger partial charge on any atom is -0.381 e. The minimum atomic E-state index is -0.472. The lowest BCUT2D eigenvalue weighted by atomic mass is 10.1. The Labute approximate surface area is 232 Å². The van der Waals surface area contributed by atoms with E-state index in [0.29, 0.717) is 61.5 Å². The van der Waals surface area contributed by atoms with Crippen molar-refractivity contribution in [1.29, 1.82) is 0 Å². The van der Waals surface area contributed by atoms with E-state index in [1.165, 1.54) is 18.2 Å². The normalized spacial score (nSPS) is 17.8. The van der Waals surface area contributed by atoms with Crippen molar-refractivity contribution < 1.29 is 18.7 Å². The molecular formula is C28H35FN8O3. The van der Waals surface area contributed by atoms with Gasteiger partial charge in [0.1, 0.15) is 5.82 Å². The average molecular weight is 551 g/mol. The van der Waals surface area contributed by atoms with Crippen LogP contribution in [0.2, 0.25) is 0 Å². The second kappa shape index (κ2) is 12.0. The molecule has 2 fully saturated rings. The molecule has 12 heteroatoms. The van der Waals surface area contributed by atoms with Gasteiger partial charge in [-0.2, -0.15) is 19.6 Å². The predicted octanol–water partition coefficient (Wildman–Crippen LogP) is 3.56. The Morgan fingerprint density at radius 2 is 2.00 bits per heavy atom. The molecule has 2 aliphatic rings. The first-order valence-corrected chi connectivity index (χ1v) is 13.7. The number of nitrogens with one attached hydrogen (secondary N) is 3. The van der Waals surface area contributed by atoms with Gasteiger partial charge in [0.15, 0.2) is 5.65 Å². The van der Waals surface area contributed by atoms with Gasteiger partial charge in [-0.3, -0.25) is 9.59 Å². The molecule has 0 saturated carbocycles. The maximum Gasteiger partial charge on any atom is 0.245 e. The number of carbonyl (C=O) groups is 2. The number of hydrogen-bond acceptors (Lipinski definition) is 8. The Morgan fingerprint density at radius 1 is 1.20 bits per heavy atom. The van der Waals surface area contributed by atoms with Crippen LogP contribution in [-0.4, -0.2) is 68.6 Å². The fraction of sp³-hybridized carbons (Fsp3) is 0.464. The van der Waals surface area contributed by atoms with E-state index in [2.05, 4.69) is 46.5 Å². The Kier molecular flexibility index (Phi) is 8.24. The van der Waals surface area contributed by atoms with E-state index in [0.717, 1.165) is 18.4 Å². The summed E-state index contributed by atoms with van der Waals surface area (Å²) in [4.78, 5) is 35.7. The summed E-state index contributed by atoms with van der Waals surface area (Å²) in [7, 11) is 0. The molecule has 0 radical (unpaired) electrons. The molecule has 0 aliphatic carbocycles. The van der Waals surface area contributed by atoms with Gasteiger partial charge in [-0.05, 0) is 55.0 Å². The lowest BCUT2D eigenvalue weighted by Gasteiger charge is -2.23. The van der Waals surface area contributed by atoms with Gasteiger partial charge in [0.25, 0.3) is 0 Å². The lowest BCUT2D eigenvalue weighted by molar-refractivity contribution is -0.125. The Hall–Kier alpha value is -4.06. The molecule has 0 spiro atoms. The van der Waals surface area contributed by atoms with Crippen LogP contribution < -0.4 is 16.0 Å². The molecule has 5 rings (SSSR count). The maximum absolute atomic E-state index is 14.6. The number of likely N-dealkylation sites (tertiary alicyclic amines) is 1. The highest BCUT2D eigenvalue weighted by atomic mass is 19.1. The van der Waals surface area contributed by atoms with Crippen LogP contribution in [0.3, 0.4) is 0 Å². The molecule has 11 nitrogen and oxygen atoms in total. The van der Waals surface area contributed by atoms with Crippen molar-refractivity contribution in [3.8, 4) is 0 Å². The van der Waals surface area contributed by atoms with Gasteiger partial charge < -0.3 is 25.6 Å². The highest BCUT2D eigenvalue weighted by Gasteiger charge is 2.30. The number of anilines is 3. The number of halogens is 1. The number of rotatable bonds is 9. The zero-order valence-corrected chi connectivity index (χ0v) is 22.8. The molecule has 1 unspecified atom stereocenters. The van der Waals surface area contributed by atoms with E-state index < -0.39 is 5.82 Å². The number of hydrogen-bond donors (Lipinski definition) is 3. The van der Waals surface area contributed by atoms with Crippen molar-refractivity contribution >= 4 is 35.0 Å². The quantitative estimate of drug-likeness (QED) is 0.346. The van der Waals surface area contributed by atoms with Crippen molar-refractivity contribution in [2.75, 3.05) is 42.3 Å².